The minimum atomic E-state index is -0.973. The molecule has 0 fully saturated rings. The third-order valence-electron chi connectivity index (χ3n) is 2.49. The van der Waals surface area contributed by atoms with Crippen molar-refractivity contribution < 1.29 is 14.3 Å². The van der Waals surface area contributed by atoms with Crippen LogP contribution in [-0.2, 0) is 0 Å². The molecule has 6 heteroatoms. The lowest BCUT2D eigenvalue weighted by atomic mass is 10.2. The monoisotopic (exact) mass is 264 g/mol. The summed E-state index contributed by atoms with van der Waals surface area (Å²) in [5, 5.41) is 10.1. The first-order valence-corrected chi connectivity index (χ1v) is 6.12. The van der Waals surface area contributed by atoms with Gasteiger partial charge in [-0.2, -0.15) is 0 Å². The van der Waals surface area contributed by atoms with Crippen molar-refractivity contribution >= 4 is 17.7 Å². The van der Waals surface area contributed by atoms with Crippen molar-refractivity contribution in [1.82, 2.24) is 9.97 Å². The number of hydrogen-bond acceptors (Lipinski definition) is 5. The van der Waals surface area contributed by atoms with E-state index in [1.54, 1.807) is 13.0 Å². The maximum atomic E-state index is 10.9. The second-order valence-electron chi connectivity index (χ2n) is 3.81. The Kier molecular flexibility index (Phi) is 3.38. The molecule has 0 saturated heterocycles. The quantitative estimate of drug-likeness (QED) is 0.918. The molecule has 5 nitrogen and oxygen atoms in total. The summed E-state index contributed by atoms with van der Waals surface area (Å²) in [7, 11) is 0. The Morgan fingerprint density at radius 1 is 1.22 bits per heavy atom. The molecule has 0 aliphatic carbocycles. The number of nitrogens with zero attached hydrogens (tertiary/aromatic N) is 2. The zero-order chi connectivity index (χ0) is 13.3. The standard InChI is InChI=1S/C12H12N2O3S/c1-6-8(3)17-12(14-6)18-10-5-4-9(11(15)16)7(2)13-10/h4-5H,1-3H3,(H,15,16). The highest BCUT2D eigenvalue weighted by Crippen LogP contribution is 2.27. The maximum Gasteiger partial charge on any atom is 0.337 e. The second kappa shape index (κ2) is 4.81. The van der Waals surface area contributed by atoms with E-state index in [0.29, 0.717) is 15.9 Å². The lowest BCUT2D eigenvalue weighted by molar-refractivity contribution is 0.0695. The molecule has 0 atom stereocenters. The van der Waals surface area contributed by atoms with Crippen LogP contribution in [0.4, 0.5) is 0 Å². The highest BCUT2D eigenvalue weighted by molar-refractivity contribution is 7.99. The lowest BCUT2D eigenvalue weighted by Crippen LogP contribution is -2.01. The summed E-state index contributed by atoms with van der Waals surface area (Å²) in [6.45, 7) is 5.38. The van der Waals surface area contributed by atoms with E-state index >= 15 is 0 Å². The molecular weight excluding hydrogens is 252 g/mol. The van der Waals surface area contributed by atoms with Crippen LogP contribution in [0.2, 0.25) is 0 Å². The number of rotatable bonds is 3. The highest BCUT2D eigenvalue weighted by atomic mass is 32.2. The molecule has 94 valence electrons. The summed E-state index contributed by atoms with van der Waals surface area (Å²) < 4.78 is 5.43. The summed E-state index contributed by atoms with van der Waals surface area (Å²) >= 11 is 1.28. The van der Waals surface area contributed by atoms with Gasteiger partial charge in [0.25, 0.3) is 5.22 Å². The van der Waals surface area contributed by atoms with Crippen LogP contribution in [0.15, 0.2) is 26.8 Å². The molecule has 2 heterocycles. The van der Waals surface area contributed by atoms with Crippen molar-refractivity contribution in [3.05, 3.63) is 34.8 Å². The van der Waals surface area contributed by atoms with Crippen LogP contribution in [-0.4, -0.2) is 21.0 Å². The molecule has 1 N–H and O–H groups in total. The van der Waals surface area contributed by atoms with Gasteiger partial charge in [-0.1, -0.05) is 0 Å². The van der Waals surface area contributed by atoms with Gasteiger partial charge in [0.15, 0.2) is 0 Å². The van der Waals surface area contributed by atoms with Crippen molar-refractivity contribution in [3.8, 4) is 0 Å². The van der Waals surface area contributed by atoms with Crippen LogP contribution in [0.5, 0.6) is 0 Å². The van der Waals surface area contributed by atoms with E-state index in [1.807, 2.05) is 13.8 Å². The van der Waals surface area contributed by atoms with Gasteiger partial charge in [0.2, 0.25) is 0 Å². The van der Waals surface area contributed by atoms with Gasteiger partial charge in [-0.15, -0.1) is 0 Å². The van der Waals surface area contributed by atoms with Gasteiger partial charge in [-0.05, 0) is 44.7 Å². The zero-order valence-electron chi connectivity index (χ0n) is 10.2. The normalized spacial score (nSPS) is 10.6. The van der Waals surface area contributed by atoms with E-state index in [0.717, 1.165) is 11.5 Å². The van der Waals surface area contributed by atoms with Gasteiger partial charge in [0.05, 0.1) is 17.0 Å². The van der Waals surface area contributed by atoms with Crippen molar-refractivity contribution in [2.75, 3.05) is 0 Å². The second-order valence-corrected chi connectivity index (χ2v) is 4.78. The molecule has 0 aliphatic heterocycles. The van der Waals surface area contributed by atoms with Gasteiger partial charge in [0, 0.05) is 0 Å². The van der Waals surface area contributed by atoms with E-state index < -0.39 is 5.97 Å². The van der Waals surface area contributed by atoms with Crippen molar-refractivity contribution in [1.29, 1.82) is 0 Å². The molecule has 0 unspecified atom stereocenters. The van der Waals surface area contributed by atoms with Crippen LogP contribution in [0.3, 0.4) is 0 Å². The van der Waals surface area contributed by atoms with Gasteiger partial charge in [0.1, 0.15) is 10.8 Å². The predicted molar refractivity (Wildman–Crippen MR) is 66.0 cm³/mol. The highest BCUT2D eigenvalue weighted by Gasteiger charge is 2.12. The molecule has 0 aromatic carbocycles. The van der Waals surface area contributed by atoms with Gasteiger partial charge in [-0.3, -0.25) is 0 Å². The molecule has 2 rings (SSSR count). The lowest BCUT2D eigenvalue weighted by Gasteiger charge is -2.01. The van der Waals surface area contributed by atoms with Gasteiger partial charge >= 0.3 is 5.97 Å². The predicted octanol–water partition coefficient (Wildman–Crippen LogP) is 2.84. The summed E-state index contributed by atoms with van der Waals surface area (Å²) in [5.74, 6) is -0.198. The van der Waals surface area contributed by atoms with E-state index in [4.69, 9.17) is 9.52 Å². The Labute approximate surface area is 108 Å². The fourth-order valence-electron chi connectivity index (χ4n) is 1.40. The fourth-order valence-corrected chi connectivity index (χ4v) is 2.24. The van der Waals surface area contributed by atoms with Crippen LogP contribution in [0.25, 0.3) is 0 Å². The average molecular weight is 264 g/mol. The molecule has 0 bridgehead atoms. The first-order chi connectivity index (χ1) is 8.47. The molecule has 18 heavy (non-hydrogen) atoms. The van der Waals surface area contributed by atoms with E-state index in [2.05, 4.69) is 9.97 Å². The molecule has 0 spiro atoms. The van der Waals surface area contributed by atoms with Gasteiger partial charge < -0.3 is 9.52 Å². The number of carbonyl (C=O) groups is 1. The van der Waals surface area contributed by atoms with Crippen LogP contribution >= 0.6 is 11.8 Å². The first-order valence-electron chi connectivity index (χ1n) is 5.30. The summed E-state index contributed by atoms with van der Waals surface area (Å²) in [4.78, 5) is 19.3. The van der Waals surface area contributed by atoms with E-state index in [-0.39, 0.29) is 5.56 Å². The fraction of sp³-hybridized carbons (Fsp3) is 0.250. The Morgan fingerprint density at radius 3 is 2.44 bits per heavy atom. The van der Waals surface area contributed by atoms with Crippen LogP contribution in [0, 0.1) is 20.8 Å². The number of oxazole rings is 1. The van der Waals surface area contributed by atoms with Crippen molar-refractivity contribution in [2.45, 2.75) is 31.0 Å². The molecule has 0 saturated carbocycles. The van der Waals surface area contributed by atoms with Gasteiger partial charge in [-0.25, -0.2) is 14.8 Å². The van der Waals surface area contributed by atoms with Crippen LogP contribution < -0.4 is 0 Å². The minimum Gasteiger partial charge on any atom is -0.478 e. The number of aryl methyl sites for hydroxylation is 3. The summed E-state index contributed by atoms with van der Waals surface area (Å²) in [6.07, 6.45) is 0. The third-order valence-corrected chi connectivity index (χ3v) is 3.28. The van der Waals surface area contributed by atoms with E-state index in [9.17, 15) is 4.79 Å². The first kappa shape index (κ1) is 12.6. The molecule has 2 aromatic rings. The largest absolute Gasteiger partial charge is 0.478 e. The molecular formula is C12H12N2O3S. The van der Waals surface area contributed by atoms with Crippen LogP contribution in [0.1, 0.15) is 27.5 Å². The van der Waals surface area contributed by atoms with Crippen molar-refractivity contribution in [3.63, 3.8) is 0 Å². The molecule has 0 amide bonds. The number of aromatic carboxylic acids is 1. The maximum absolute atomic E-state index is 10.9. The number of pyridine rings is 1. The number of carboxylic acid groups (broad SMARTS) is 1. The molecule has 2 aromatic heterocycles. The Bertz CT molecular complexity index is 588. The topological polar surface area (TPSA) is 76.2 Å². The van der Waals surface area contributed by atoms with E-state index in [1.165, 1.54) is 17.8 Å². The number of hydrogen-bond donors (Lipinski definition) is 1. The number of aromatic nitrogens is 2. The Balaban J connectivity index is 2.25. The minimum absolute atomic E-state index is 0.208. The SMILES string of the molecule is Cc1nc(Sc2nc(C)c(C)o2)ccc1C(=O)O. The molecule has 0 aliphatic rings. The zero-order valence-corrected chi connectivity index (χ0v) is 11.0. The molecule has 0 radical (unpaired) electrons. The van der Waals surface area contributed by atoms with Crippen molar-refractivity contribution in [2.24, 2.45) is 0 Å². The average Bonchev–Trinajstić information content (AvgIpc) is 2.57. The summed E-state index contributed by atoms with van der Waals surface area (Å²) in [6, 6.07) is 3.19. The Morgan fingerprint density at radius 2 is 1.94 bits per heavy atom. The summed E-state index contributed by atoms with van der Waals surface area (Å²) in [5.41, 5.74) is 1.53. The smallest absolute Gasteiger partial charge is 0.337 e. The Hall–Kier alpha value is -1.82. The third kappa shape index (κ3) is 2.53. The number of carboxylic acids is 1.